The Balaban J connectivity index is 1.81. The summed E-state index contributed by atoms with van der Waals surface area (Å²) in [4.78, 5) is 16.9. The van der Waals surface area contributed by atoms with Crippen molar-refractivity contribution in [3.8, 4) is 0 Å². The number of H-pyrrole nitrogens is 1. The number of carbonyl (C=O) groups is 1. The third-order valence-corrected chi connectivity index (χ3v) is 4.30. The number of pyridine rings is 1. The molecule has 3 aromatic rings. The first kappa shape index (κ1) is 16.5. The summed E-state index contributed by atoms with van der Waals surface area (Å²) in [6.45, 7) is 1.93. The minimum Gasteiger partial charge on any atom is -0.331 e. The van der Waals surface area contributed by atoms with Crippen molar-refractivity contribution in [3.63, 3.8) is 0 Å². The minimum absolute atomic E-state index is 0.212. The fourth-order valence-corrected chi connectivity index (χ4v) is 3.12. The lowest BCUT2D eigenvalue weighted by molar-refractivity contribution is -0.728. The highest BCUT2D eigenvalue weighted by atomic mass is 79.9. The van der Waals surface area contributed by atoms with Crippen molar-refractivity contribution in [3.05, 3.63) is 52.4 Å². The predicted molar refractivity (Wildman–Crippen MR) is 99.8 cm³/mol. The van der Waals surface area contributed by atoms with E-state index in [1.54, 1.807) is 17.9 Å². The standard InChI is InChI=1S/C16H14BrN5OS/c1-9-6-7-10-4-3-5-12(13(10)19-9)20-16(24)21-15(23)14-11(17)8-18-22(14)2/h3-8H,1-2H3,(H2,20,21,23,24)/p+1. The van der Waals surface area contributed by atoms with Gasteiger partial charge in [-0.2, -0.15) is 5.10 Å². The van der Waals surface area contributed by atoms with Crippen LogP contribution in [0.4, 0.5) is 5.69 Å². The van der Waals surface area contributed by atoms with E-state index in [1.165, 1.54) is 0 Å². The molecular formula is C16H15BrN5OS+. The van der Waals surface area contributed by atoms with Gasteiger partial charge in [0.05, 0.1) is 17.4 Å². The molecule has 6 nitrogen and oxygen atoms in total. The molecule has 8 heteroatoms. The molecule has 0 aliphatic carbocycles. The molecule has 0 fully saturated rings. The summed E-state index contributed by atoms with van der Waals surface area (Å²) in [6, 6.07) is 9.72. The number of nitrogens with one attached hydrogen (secondary N) is 3. The lowest BCUT2D eigenvalue weighted by atomic mass is 10.2. The quantitative estimate of drug-likeness (QED) is 0.453. The second-order valence-electron chi connectivity index (χ2n) is 5.27. The number of hydrogen-bond donors (Lipinski definition) is 3. The van der Waals surface area contributed by atoms with Gasteiger partial charge in [0.15, 0.2) is 12.2 Å². The monoisotopic (exact) mass is 404 g/mol. The largest absolute Gasteiger partial charge is 0.331 e. The van der Waals surface area contributed by atoms with Crippen LogP contribution in [0.2, 0.25) is 0 Å². The zero-order valence-corrected chi connectivity index (χ0v) is 15.5. The molecule has 1 amide bonds. The molecule has 2 heterocycles. The Bertz CT molecular complexity index is 933. The predicted octanol–water partition coefficient (Wildman–Crippen LogP) is 2.59. The molecular weight excluding hydrogens is 390 g/mol. The summed E-state index contributed by atoms with van der Waals surface area (Å²) in [6.07, 6.45) is 1.68. The highest BCUT2D eigenvalue weighted by Gasteiger charge is 2.24. The smallest absolute Gasteiger partial charge is 0.325 e. The Hall–Kier alpha value is -2.32. The number of anilines is 1. The van der Waals surface area contributed by atoms with E-state index in [2.05, 4.69) is 36.6 Å². The molecule has 0 aliphatic heterocycles. The molecule has 24 heavy (non-hydrogen) atoms. The number of aromatic nitrogens is 3. The van der Waals surface area contributed by atoms with Gasteiger partial charge >= 0.3 is 11.6 Å². The third kappa shape index (κ3) is 3.29. The van der Waals surface area contributed by atoms with E-state index in [9.17, 15) is 4.79 Å². The highest BCUT2D eigenvalue weighted by Crippen LogP contribution is 2.21. The average Bonchev–Trinajstić information content (AvgIpc) is 2.86. The van der Waals surface area contributed by atoms with Crippen LogP contribution in [0.1, 0.15) is 16.2 Å². The molecule has 0 unspecified atom stereocenters. The van der Waals surface area contributed by atoms with Crippen molar-refractivity contribution >= 4 is 55.8 Å². The zero-order chi connectivity index (χ0) is 17.3. The van der Waals surface area contributed by atoms with Gasteiger partial charge in [0.1, 0.15) is 4.47 Å². The maximum absolute atomic E-state index is 12.3. The van der Waals surface area contributed by atoms with Crippen molar-refractivity contribution in [2.75, 3.05) is 5.32 Å². The Morgan fingerprint density at radius 2 is 2.12 bits per heavy atom. The van der Waals surface area contributed by atoms with E-state index in [1.807, 2.05) is 37.3 Å². The summed E-state index contributed by atoms with van der Waals surface area (Å²) in [5.74, 6) is -0.312. The summed E-state index contributed by atoms with van der Waals surface area (Å²) in [5.41, 5.74) is 2.92. The van der Waals surface area contributed by atoms with Crippen LogP contribution in [0.15, 0.2) is 41.0 Å². The molecule has 0 radical (unpaired) electrons. The number of nitrogens with zero attached hydrogens (tertiary/aromatic N) is 2. The van der Waals surface area contributed by atoms with Gasteiger partial charge in [0.2, 0.25) is 0 Å². The Morgan fingerprint density at radius 3 is 2.83 bits per heavy atom. The number of benzene rings is 1. The van der Waals surface area contributed by atoms with Crippen molar-refractivity contribution in [2.45, 2.75) is 6.92 Å². The Morgan fingerprint density at radius 1 is 1.33 bits per heavy atom. The summed E-state index contributed by atoms with van der Waals surface area (Å²) in [7, 11) is 1.74. The summed E-state index contributed by atoms with van der Waals surface area (Å²) >= 11 is 8.59. The molecule has 0 spiro atoms. The number of halogens is 1. The van der Waals surface area contributed by atoms with E-state index >= 15 is 0 Å². The number of fused-ring (bicyclic) bond motifs is 1. The third-order valence-electron chi connectivity index (χ3n) is 3.50. The van der Waals surface area contributed by atoms with E-state index in [4.69, 9.17) is 12.2 Å². The first-order valence-corrected chi connectivity index (χ1v) is 8.37. The SMILES string of the molecule is Cc1ccc2cccc(NC(=S)NC(=O)c3c(Br)c[nH][n+]3C)c2n1. The number of thiocarbonyl (C=S) groups is 1. The molecule has 1 aromatic carbocycles. The molecule has 122 valence electrons. The molecule has 0 atom stereocenters. The van der Waals surface area contributed by atoms with Crippen molar-refractivity contribution in [2.24, 2.45) is 7.05 Å². The zero-order valence-electron chi connectivity index (χ0n) is 13.1. The second-order valence-corrected chi connectivity index (χ2v) is 6.53. The number of aryl methyl sites for hydroxylation is 2. The van der Waals surface area contributed by atoms with Crippen molar-refractivity contribution in [1.82, 2.24) is 15.4 Å². The lowest BCUT2D eigenvalue weighted by Crippen LogP contribution is -2.43. The van der Waals surface area contributed by atoms with Gasteiger partial charge in [0, 0.05) is 11.1 Å². The fraction of sp³-hybridized carbons (Fsp3) is 0.125. The van der Waals surface area contributed by atoms with Crippen molar-refractivity contribution in [1.29, 1.82) is 0 Å². The van der Waals surface area contributed by atoms with Crippen LogP contribution >= 0.6 is 28.1 Å². The molecule has 3 N–H and O–H groups in total. The maximum atomic E-state index is 12.3. The second kappa shape index (κ2) is 6.66. The molecule has 0 bridgehead atoms. The van der Waals surface area contributed by atoms with Gasteiger partial charge in [0.25, 0.3) is 0 Å². The lowest BCUT2D eigenvalue weighted by Gasteiger charge is -2.10. The van der Waals surface area contributed by atoms with Crippen LogP contribution in [0, 0.1) is 6.92 Å². The molecule has 0 aliphatic rings. The average molecular weight is 405 g/mol. The minimum atomic E-state index is -0.312. The number of hydrogen-bond acceptors (Lipinski definition) is 3. The van der Waals surface area contributed by atoms with E-state index in [-0.39, 0.29) is 11.0 Å². The molecule has 0 saturated carbocycles. The molecule has 3 rings (SSSR count). The summed E-state index contributed by atoms with van der Waals surface area (Å²) < 4.78 is 2.26. The number of para-hydroxylation sites is 1. The van der Waals surface area contributed by atoms with Crippen molar-refractivity contribution < 1.29 is 9.48 Å². The van der Waals surface area contributed by atoms with Crippen LogP contribution < -0.4 is 15.3 Å². The van der Waals surface area contributed by atoms with Gasteiger partial charge in [-0.15, -0.1) is 4.68 Å². The summed E-state index contributed by atoms with van der Waals surface area (Å²) in [5, 5.41) is 9.84. The van der Waals surface area contributed by atoms with Crippen LogP contribution in [-0.2, 0) is 7.05 Å². The van der Waals surface area contributed by atoms with Crippen LogP contribution in [0.3, 0.4) is 0 Å². The van der Waals surface area contributed by atoms with Crippen LogP contribution in [-0.4, -0.2) is 21.1 Å². The number of amides is 1. The van der Waals surface area contributed by atoms with Gasteiger partial charge < -0.3 is 5.32 Å². The van der Waals surface area contributed by atoms with Crippen LogP contribution in [0.5, 0.6) is 0 Å². The van der Waals surface area contributed by atoms with E-state index in [0.717, 1.165) is 22.3 Å². The number of carbonyl (C=O) groups excluding carboxylic acids is 1. The van der Waals surface area contributed by atoms with E-state index < -0.39 is 0 Å². The topological polar surface area (TPSA) is 73.7 Å². The molecule has 0 saturated heterocycles. The first-order chi connectivity index (χ1) is 11.5. The maximum Gasteiger partial charge on any atom is 0.325 e. The van der Waals surface area contributed by atoms with Crippen LogP contribution in [0.25, 0.3) is 10.9 Å². The van der Waals surface area contributed by atoms with Gasteiger partial charge in [-0.1, -0.05) is 18.2 Å². The normalized spacial score (nSPS) is 10.6. The molecule has 2 aromatic heterocycles. The van der Waals surface area contributed by atoms with Gasteiger partial charge in [-0.3, -0.25) is 15.1 Å². The highest BCUT2D eigenvalue weighted by molar-refractivity contribution is 9.10. The Labute approximate surface area is 152 Å². The van der Waals surface area contributed by atoms with Gasteiger partial charge in [-0.25, -0.2) is 0 Å². The first-order valence-electron chi connectivity index (χ1n) is 7.17. The van der Waals surface area contributed by atoms with Gasteiger partial charge in [-0.05, 0) is 47.2 Å². The Kier molecular flexibility index (Phi) is 4.59. The fourth-order valence-electron chi connectivity index (χ4n) is 2.37. The number of rotatable bonds is 2. The number of aromatic amines is 1. The van der Waals surface area contributed by atoms with E-state index in [0.29, 0.717) is 10.2 Å².